The van der Waals surface area contributed by atoms with Gasteiger partial charge in [-0.25, -0.2) is 0 Å². The van der Waals surface area contributed by atoms with Crippen LogP contribution >= 0.6 is 15.9 Å². The normalized spacial score (nSPS) is 24.4. The lowest BCUT2D eigenvalue weighted by atomic mass is 10.1. The van der Waals surface area contributed by atoms with Gasteiger partial charge in [0.2, 0.25) is 0 Å². The fourth-order valence-corrected chi connectivity index (χ4v) is 1.90. The minimum absolute atomic E-state index is 0.140. The first-order valence-corrected chi connectivity index (χ1v) is 5.18. The van der Waals surface area contributed by atoms with Crippen molar-refractivity contribution >= 4 is 27.9 Å². The minimum atomic E-state index is -0.267. The summed E-state index contributed by atoms with van der Waals surface area (Å²) in [5, 5.41) is 3.11. The Kier molecular flexibility index (Phi) is 2.46. The Morgan fingerprint density at radius 2 is 2.36 bits per heavy atom. The average Bonchev–Trinajstić information content (AvgIpc) is 2.19. The Labute approximate surface area is 90.6 Å². The molecule has 1 aliphatic rings. The summed E-state index contributed by atoms with van der Waals surface area (Å²) in [6.07, 6.45) is 0.729. The van der Waals surface area contributed by atoms with Crippen molar-refractivity contribution in [1.29, 1.82) is 0 Å². The topological polar surface area (TPSA) is 38.3 Å². The summed E-state index contributed by atoms with van der Waals surface area (Å²) in [5.41, 5.74) is 0.856. The van der Waals surface area contributed by atoms with Crippen LogP contribution in [0.5, 0.6) is 5.75 Å². The van der Waals surface area contributed by atoms with Crippen LogP contribution in [0.4, 0.5) is 5.69 Å². The van der Waals surface area contributed by atoms with Gasteiger partial charge in [-0.15, -0.1) is 0 Å². The van der Waals surface area contributed by atoms with E-state index in [1.54, 1.807) is 0 Å². The summed E-state index contributed by atoms with van der Waals surface area (Å²) in [5.74, 6) is 0.776. The Bertz CT molecular complexity index is 367. The lowest BCUT2D eigenvalue weighted by Crippen LogP contribution is -2.40. The van der Waals surface area contributed by atoms with E-state index in [-0.39, 0.29) is 12.1 Å². The first-order valence-electron chi connectivity index (χ1n) is 4.39. The van der Waals surface area contributed by atoms with Gasteiger partial charge < -0.3 is 14.8 Å². The van der Waals surface area contributed by atoms with E-state index in [1.807, 2.05) is 25.1 Å². The average molecular weight is 256 g/mol. The van der Waals surface area contributed by atoms with Gasteiger partial charge in [0.25, 0.3) is 0 Å². The van der Waals surface area contributed by atoms with Crippen LogP contribution in [0, 0.1) is 0 Å². The highest BCUT2D eigenvalue weighted by atomic mass is 79.9. The molecule has 2 atom stereocenters. The molecule has 3 nitrogen and oxygen atoms in total. The first-order chi connectivity index (χ1) is 6.72. The molecule has 0 fully saturated rings. The second-order valence-corrected chi connectivity index (χ2v) is 4.10. The number of aldehydes is 1. The van der Waals surface area contributed by atoms with Gasteiger partial charge in [-0.1, -0.05) is 6.07 Å². The van der Waals surface area contributed by atoms with Crippen molar-refractivity contribution in [2.24, 2.45) is 0 Å². The molecule has 0 aliphatic carbocycles. The van der Waals surface area contributed by atoms with E-state index < -0.39 is 0 Å². The molecule has 74 valence electrons. The van der Waals surface area contributed by atoms with E-state index in [4.69, 9.17) is 4.74 Å². The number of fused-ring (bicyclic) bond motifs is 1. The van der Waals surface area contributed by atoms with Crippen LogP contribution in [0.1, 0.15) is 6.92 Å². The van der Waals surface area contributed by atoms with Gasteiger partial charge in [-0.2, -0.15) is 0 Å². The molecule has 1 aromatic rings. The van der Waals surface area contributed by atoms with Crippen LogP contribution in [-0.4, -0.2) is 18.4 Å². The van der Waals surface area contributed by atoms with Crippen molar-refractivity contribution in [2.75, 3.05) is 5.32 Å². The lowest BCUT2D eigenvalue weighted by molar-refractivity contribution is -0.110. The van der Waals surface area contributed by atoms with Crippen LogP contribution in [0.25, 0.3) is 0 Å². The van der Waals surface area contributed by atoms with Gasteiger partial charge in [-0.3, -0.25) is 0 Å². The van der Waals surface area contributed by atoms with Crippen molar-refractivity contribution in [1.82, 2.24) is 0 Å². The molecule has 0 saturated heterocycles. The number of hydrogen-bond donors (Lipinski definition) is 1. The monoisotopic (exact) mass is 255 g/mol. The van der Waals surface area contributed by atoms with Crippen molar-refractivity contribution in [2.45, 2.75) is 19.1 Å². The van der Waals surface area contributed by atoms with E-state index in [0.717, 1.165) is 22.2 Å². The first kappa shape index (κ1) is 9.52. The van der Waals surface area contributed by atoms with Crippen LogP contribution in [0.15, 0.2) is 22.7 Å². The Hall–Kier alpha value is -1.03. The summed E-state index contributed by atoms with van der Waals surface area (Å²) in [4.78, 5) is 10.7. The van der Waals surface area contributed by atoms with Gasteiger partial charge in [0.1, 0.15) is 18.4 Å². The van der Waals surface area contributed by atoms with Gasteiger partial charge in [0, 0.05) is 0 Å². The van der Waals surface area contributed by atoms with Crippen LogP contribution < -0.4 is 10.1 Å². The number of hydrogen-bond acceptors (Lipinski definition) is 3. The fraction of sp³-hybridized carbons (Fsp3) is 0.300. The standard InChI is InChI=1S/C10H10BrNO2/c1-6-9(5-13)12-8-4-2-3-7(11)10(8)14-6/h2-6,9,12H,1H3. The number of anilines is 1. The van der Waals surface area contributed by atoms with E-state index in [9.17, 15) is 4.79 Å². The third-order valence-corrected chi connectivity index (χ3v) is 2.87. The Balaban J connectivity index is 2.39. The number of halogens is 1. The molecule has 1 heterocycles. The molecule has 0 aromatic heterocycles. The molecule has 14 heavy (non-hydrogen) atoms. The van der Waals surface area contributed by atoms with Crippen molar-refractivity contribution in [3.05, 3.63) is 22.7 Å². The number of benzene rings is 1. The summed E-state index contributed by atoms with van der Waals surface area (Å²) >= 11 is 3.40. The zero-order valence-corrected chi connectivity index (χ0v) is 9.24. The highest BCUT2D eigenvalue weighted by molar-refractivity contribution is 9.10. The minimum Gasteiger partial charge on any atom is -0.485 e. The number of para-hydroxylation sites is 1. The predicted octanol–water partition coefficient (Wildman–Crippen LogP) is 2.21. The highest BCUT2D eigenvalue weighted by Crippen LogP contribution is 2.37. The van der Waals surface area contributed by atoms with E-state index in [0.29, 0.717) is 0 Å². The van der Waals surface area contributed by atoms with Gasteiger partial charge in [0.05, 0.1) is 10.2 Å². The predicted molar refractivity (Wildman–Crippen MR) is 57.7 cm³/mol. The molecule has 1 aromatic carbocycles. The summed E-state index contributed by atoms with van der Waals surface area (Å²) < 4.78 is 6.53. The van der Waals surface area contributed by atoms with Gasteiger partial charge >= 0.3 is 0 Å². The summed E-state index contributed by atoms with van der Waals surface area (Å²) in [7, 11) is 0. The number of carbonyl (C=O) groups excluding carboxylic acids is 1. The molecule has 0 saturated carbocycles. The van der Waals surface area contributed by atoms with Crippen LogP contribution in [-0.2, 0) is 4.79 Å². The molecule has 4 heteroatoms. The molecular formula is C10H10BrNO2. The maximum Gasteiger partial charge on any atom is 0.157 e. The zero-order valence-electron chi connectivity index (χ0n) is 7.66. The SMILES string of the molecule is CC1Oc2c(Br)cccc2NC1C=O. The smallest absolute Gasteiger partial charge is 0.157 e. The Morgan fingerprint density at radius 3 is 3.07 bits per heavy atom. The number of carbonyl (C=O) groups is 1. The molecule has 1 N–H and O–H groups in total. The lowest BCUT2D eigenvalue weighted by Gasteiger charge is -2.30. The molecular weight excluding hydrogens is 246 g/mol. The third kappa shape index (κ3) is 1.50. The molecule has 0 spiro atoms. The molecule has 2 unspecified atom stereocenters. The van der Waals surface area contributed by atoms with Crippen molar-refractivity contribution in [3.63, 3.8) is 0 Å². The van der Waals surface area contributed by atoms with Crippen molar-refractivity contribution < 1.29 is 9.53 Å². The fourth-order valence-electron chi connectivity index (χ4n) is 1.44. The number of rotatable bonds is 1. The van der Waals surface area contributed by atoms with E-state index in [1.165, 1.54) is 0 Å². The molecule has 1 aliphatic heterocycles. The number of ether oxygens (including phenoxy) is 1. The molecule has 2 rings (SSSR count). The third-order valence-electron chi connectivity index (χ3n) is 2.25. The van der Waals surface area contributed by atoms with Gasteiger partial charge in [0.15, 0.2) is 5.75 Å². The van der Waals surface area contributed by atoms with Crippen molar-refractivity contribution in [3.8, 4) is 5.75 Å². The summed E-state index contributed by atoms with van der Waals surface area (Å²) in [6, 6.07) is 5.44. The van der Waals surface area contributed by atoms with E-state index in [2.05, 4.69) is 21.2 Å². The maximum atomic E-state index is 10.7. The summed E-state index contributed by atoms with van der Waals surface area (Å²) in [6.45, 7) is 1.87. The molecule has 0 radical (unpaired) electrons. The van der Waals surface area contributed by atoms with Crippen LogP contribution in [0.3, 0.4) is 0 Å². The second kappa shape index (κ2) is 3.61. The van der Waals surface area contributed by atoms with E-state index >= 15 is 0 Å². The zero-order chi connectivity index (χ0) is 10.1. The quantitative estimate of drug-likeness (QED) is 0.783. The highest BCUT2D eigenvalue weighted by Gasteiger charge is 2.26. The molecule has 0 amide bonds. The van der Waals surface area contributed by atoms with Gasteiger partial charge in [-0.05, 0) is 35.0 Å². The number of nitrogens with one attached hydrogen (secondary N) is 1. The maximum absolute atomic E-state index is 10.7. The Morgan fingerprint density at radius 1 is 1.57 bits per heavy atom. The molecule has 0 bridgehead atoms. The largest absolute Gasteiger partial charge is 0.485 e. The van der Waals surface area contributed by atoms with Crippen LogP contribution in [0.2, 0.25) is 0 Å². The second-order valence-electron chi connectivity index (χ2n) is 3.25.